The fraction of sp³-hybridized carbons (Fsp3) is 0.278. The molecule has 0 saturated heterocycles. The van der Waals surface area contributed by atoms with Crippen LogP contribution in [0.3, 0.4) is 0 Å². The van der Waals surface area contributed by atoms with E-state index in [0.29, 0.717) is 0 Å². The van der Waals surface area contributed by atoms with Crippen LogP contribution < -0.4 is 0 Å². The predicted molar refractivity (Wildman–Crippen MR) is 87.0 cm³/mol. The van der Waals surface area contributed by atoms with Crippen molar-refractivity contribution in [1.82, 2.24) is 0 Å². The van der Waals surface area contributed by atoms with E-state index in [1.54, 1.807) is 26.0 Å². The van der Waals surface area contributed by atoms with Gasteiger partial charge in [-0.2, -0.15) is 0 Å². The fourth-order valence-electron chi connectivity index (χ4n) is 1.94. The van der Waals surface area contributed by atoms with Crippen LogP contribution in [0.15, 0.2) is 57.9 Å². The first-order valence-corrected chi connectivity index (χ1v) is 7.64. The van der Waals surface area contributed by atoms with E-state index in [1.807, 2.05) is 18.2 Å². The maximum Gasteiger partial charge on any atom is 0.512 e. The SMILES string of the molecule is C=C(C(=O)OC(C)OC(=O)OC(C)(C)c1ccccc1)C(=O)c1coo1. The summed E-state index contributed by atoms with van der Waals surface area (Å²) in [5.74, 6) is -2.03. The molecule has 0 aliphatic heterocycles. The van der Waals surface area contributed by atoms with Crippen LogP contribution in [0.5, 0.6) is 0 Å². The van der Waals surface area contributed by atoms with Crippen molar-refractivity contribution in [3.8, 4) is 0 Å². The number of ether oxygens (including phenoxy) is 3. The highest BCUT2D eigenvalue weighted by molar-refractivity contribution is 6.22. The minimum absolute atomic E-state index is 0.176. The van der Waals surface area contributed by atoms with Gasteiger partial charge in [-0.3, -0.25) is 13.9 Å². The molecule has 0 spiro atoms. The predicted octanol–water partition coefficient (Wildman–Crippen LogP) is 3.59. The molecule has 0 bridgehead atoms. The van der Waals surface area contributed by atoms with Crippen LogP contribution in [0, 0.1) is 0 Å². The van der Waals surface area contributed by atoms with E-state index in [2.05, 4.69) is 15.7 Å². The minimum Gasteiger partial charge on any atom is -0.423 e. The summed E-state index contributed by atoms with van der Waals surface area (Å²) in [5, 5.41) is 0. The van der Waals surface area contributed by atoms with Gasteiger partial charge in [0, 0.05) is 6.92 Å². The van der Waals surface area contributed by atoms with E-state index < -0.39 is 35.4 Å². The smallest absolute Gasteiger partial charge is 0.423 e. The van der Waals surface area contributed by atoms with Crippen LogP contribution in [0.25, 0.3) is 0 Å². The van der Waals surface area contributed by atoms with Gasteiger partial charge < -0.3 is 14.2 Å². The average molecular weight is 362 g/mol. The van der Waals surface area contributed by atoms with E-state index in [9.17, 15) is 14.4 Å². The molecular formula is C18H18O8. The highest BCUT2D eigenvalue weighted by atomic mass is 17.0. The molecule has 0 aliphatic rings. The van der Waals surface area contributed by atoms with Gasteiger partial charge in [0.15, 0.2) is 6.26 Å². The zero-order valence-electron chi connectivity index (χ0n) is 14.5. The topological polar surface area (TPSA) is 105 Å². The Morgan fingerprint density at radius 1 is 1.12 bits per heavy atom. The lowest BCUT2D eigenvalue weighted by molar-refractivity contribution is -0.165. The summed E-state index contributed by atoms with van der Waals surface area (Å²) in [6.07, 6.45) is -1.31. The van der Waals surface area contributed by atoms with Gasteiger partial charge in [-0.05, 0) is 19.4 Å². The Hall–Kier alpha value is -3.29. The molecule has 1 aromatic carbocycles. The molecule has 138 valence electrons. The van der Waals surface area contributed by atoms with Gasteiger partial charge in [0.25, 0.3) is 5.76 Å². The first-order valence-electron chi connectivity index (χ1n) is 7.64. The van der Waals surface area contributed by atoms with Crippen molar-refractivity contribution in [3.05, 3.63) is 60.1 Å². The fourth-order valence-corrected chi connectivity index (χ4v) is 1.94. The van der Waals surface area contributed by atoms with Crippen LogP contribution in [-0.2, 0) is 24.6 Å². The quantitative estimate of drug-likeness (QED) is 0.140. The zero-order chi connectivity index (χ0) is 19.3. The monoisotopic (exact) mass is 362 g/mol. The largest absolute Gasteiger partial charge is 0.512 e. The number of rotatable bonds is 7. The first-order chi connectivity index (χ1) is 12.2. The maximum absolute atomic E-state index is 11.9. The minimum atomic E-state index is -1.29. The molecule has 8 nitrogen and oxygen atoms in total. The summed E-state index contributed by atoms with van der Waals surface area (Å²) >= 11 is 0. The first kappa shape index (κ1) is 19.0. The van der Waals surface area contributed by atoms with Crippen LogP contribution in [-0.4, -0.2) is 24.2 Å². The summed E-state index contributed by atoms with van der Waals surface area (Å²) in [6.45, 7) is 8.00. The Morgan fingerprint density at radius 2 is 1.73 bits per heavy atom. The van der Waals surface area contributed by atoms with E-state index >= 15 is 0 Å². The summed E-state index contributed by atoms with van der Waals surface area (Å²) in [6, 6.07) is 9.06. The van der Waals surface area contributed by atoms with Crippen molar-refractivity contribution >= 4 is 17.9 Å². The number of esters is 1. The Labute approximate surface area is 149 Å². The van der Waals surface area contributed by atoms with Crippen molar-refractivity contribution in [2.45, 2.75) is 32.7 Å². The van der Waals surface area contributed by atoms with E-state index in [1.165, 1.54) is 6.92 Å². The average Bonchev–Trinajstić information content (AvgIpc) is 2.52. The van der Waals surface area contributed by atoms with Gasteiger partial charge in [0.05, 0.1) is 0 Å². The van der Waals surface area contributed by atoms with Gasteiger partial charge in [-0.25, -0.2) is 9.59 Å². The van der Waals surface area contributed by atoms with Crippen molar-refractivity contribution in [2.75, 3.05) is 0 Å². The van der Waals surface area contributed by atoms with E-state index in [-0.39, 0.29) is 5.76 Å². The Balaban J connectivity index is 1.86. The third-order valence-electron chi connectivity index (χ3n) is 3.38. The molecule has 26 heavy (non-hydrogen) atoms. The van der Waals surface area contributed by atoms with E-state index in [4.69, 9.17) is 14.2 Å². The molecule has 2 rings (SSSR count). The molecule has 1 heterocycles. The molecular weight excluding hydrogens is 344 g/mol. The molecule has 0 N–H and O–H groups in total. The molecule has 0 radical (unpaired) electrons. The number of benzene rings is 1. The lowest BCUT2D eigenvalue weighted by Crippen LogP contribution is -2.30. The Bertz CT molecular complexity index is 787. The number of hydrogen-bond acceptors (Lipinski definition) is 8. The van der Waals surface area contributed by atoms with Gasteiger partial charge in [0.1, 0.15) is 11.2 Å². The van der Waals surface area contributed by atoms with Crippen molar-refractivity contribution < 1.29 is 37.7 Å². The molecule has 0 fully saturated rings. The Kier molecular flexibility index (Phi) is 5.66. The van der Waals surface area contributed by atoms with Crippen LogP contribution in [0.2, 0.25) is 0 Å². The van der Waals surface area contributed by atoms with Crippen molar-refractivity contribution in [1.29, 1.82) is 0 Å². The summed E-state index contributed by atoms with van der Waals surface area (Å²) in [7, 11) is 0. The number of ketones is 1. The molecule has 1 unspecified atom stereocenters. The van der Waals surface area contributed by atoms with Crippen LogP contribution in [0.1, 0.15) is 36.9 Å². The summed E-state index contributed by atoms with van der Waals surface area (Å²) in [4.78, 5) is 35.5. The van der Waals surface area contributed by atoms with Gasteiger partial charge in [0.2, 0.25) is 12.1 Å². The highest BCUT2D eigenvalue weighted by Gasteiger charge is 2.29. The second kappa shape index (κ2) is 7.73. The normalized spacial score (nSPS) is 12.1. The van der Waals surface area contributed by atoms with Crippen LogP contribution in [0.4, 0.5) is 4.79 Å². The van der Waals surface area contributed by atoms with E-state index in [0.717, 1.165) is 11.8 Å². The molecule has 0 saturated carbocycles. The van der Waals surface area contributed by atoms with Crippen molar-refractivity contribution in [2.24, 2.45) is 0 Å². The second-order valence-electron chi connectivity index (χ2n) is 5.79. The number of carbonyl (C=O) groups excluding carboxylic acids is 3. The van der Waals surface area contributed by atoms with Gasteiger partial charge >= 0.3 is 12.1 Å². The van der Waals surface area contributed by atoms with Gasteiger partial charge in [-0.15, -0.1) is 0 Å². The molecule has 8 heteroatoms. The Morgan fingerprint density at radius 3 is 2.27 bits per heavy atom. The number of hydrogen-bond donors (Lipinski definition) is 0. The van der Waals surface area contributed by atoms with Gasteiger partial charge in [-0.1, -0.05) is 36.9 Å². The zero-order valence-corrected chi connectivity index (χ0v) is 14.5. The third-order valence-corrected chi connectivity index (χ3v) is 3.38. The molecule has 1 atom stereocenters. The molecule has 2 aromatic rings. The lowest BCUT2D eigenvalue weighted by atomic mass is 9.98. The summed E-state index contributed by atoms with van der Waals surface area (Å²) < 4.78 is 23.6. The number of carbonyl (C=O) groups is 3. The van der Waals surface area contributed by atoms with Crippen LogP contribution >= 0.6 is 0 Å². The summed E-state index contributed by atoms with van der Waals surface area (Å²) in [5.41, 5.74) is -0.681. The van der Waals surface area contributed by atoms with Crippen molar-refractivity contribution in [3.63, 3.8) is 0 Å². The third kappa shape index (κ3) is 4.62. The standard InChI is InChI=1S/C18H18O8/c1-11(15(19)14-10-22-26-14)16(20)23-12(2)24-17(21)25-18(3,4)13-8-6-5-7-9-13/h5-10,12H,1H2,2-4H3. The molecule has 0 amide bonds. The molecule has 0 aliphatic carbocycles. The molecule has 1 aromatic heterocycles. The maximum atomic E-state index is 11.9. The second-order valence-corrected chi connectivity index (χ2v) is 5.79. The number of Topliss-reactive ketones (excluding diaryl/α,β-unsaturated/α-hetero) is 1. The lowest BCUT2D eigenvalue weighted by Gasteiger charge is -2.25. The highest BCUT2D eigenvalue weighted by Crippen LogP contribution is 2.25.